The maximum Gasteiger partial charge on any atom is 0.187 e. The fourth-order valence-corrected chi connectivity index (χ4v) is 2.64. The lowest BCUT2D eigenvalue weighted by atomic mass is 10.2. The molecule has 0 spiro atoms. The van der Waals surface area contributed by atoms with Crippen LogP contribution in [0.3, 0.4) is 0 Å². The number of aryl methyl sites for hydroxylation is 2. The van der Waals surface area contributed by atoms with E-state index in [1.165, 1.54) is 5.56 Å². The van der Waals surface area contributed by atoms with E-state index in [0.29, 0.717) is 0 Å². The number of hydrogen-bond acceptors (Lipinski definition) is 4. The molecule has 96 valence electrons. The Hall–Kier alpha value is -2.14. The highest BCUT2D eigenvalue weighted by Gasteiger charge is 2.07. The van der Waals surface area contributed by atoms with E-state index in [2.05, 4.69) is 34.5 Å². The number of benzene rings is 1. The van der Waals surface area contributed by atoms with E-state index in [-0.39, 0.29) is 0 Å². The van der Waals surface area contributed by atoms with Gasteiger partial charge in [0.25, 0.3) is 0 Å². The van der Waals surface area contributed by atoms with Gasteiger partial charge in [-0.25, -0.2) is 4.98 Å². The van der Waals surface area contributed by atoms with Gasteiger partial charge in [-0.15, -0.1) is 11.3 Å². The molecule has 0 atom stereocenters. The number of nitrogens with one attached hydrogen (secondary N) is 1. The topological polar surface area (TPSA) is 42.7 Å². The molecule has 1 N–H and O–H groups in total. The van der Waals surface area contributed by atoms with Crippen LogP contribution >= 0.6 is 11.3 Å². The monoisotopic (exact) mass is 270 g/mol. The lowest BCUT2D eigenvalue weighted by Crippen LogP contribution is -1.94. The fraction of sp³-hybridized carbons (Fsp3) is 0.143. The summed E-state index contributed by atoms with van der Waals surface area (Å²) in [6.45, 7) is 2.08. The minimum atomic E-state index is 0.891. The number of rotatable bonds is 3. The quantitative estimate of drug-likeness (QED) is 0.790. The Morgan fingerprint density at radius 1 is 1.26 bits per heavy atom. The first-order chi connectivity index (χ1) is 9.22. The van der Waals surface area contributed by atoms with Crippen LogP contribution in [0.4, 0.5) is 10.8 Å². The first-order valence-electron chi connectivity index (χ1n) is 6.00. The van der Waals surface area contributed by atoms with Crippen molar-refractivity contribution in [2.45, 2.75) is 6.92 Å². The summed E-state index contributed by atoms with van der Waals surface area (Å²) in [7, 11) is 1.92. The predicted octanol–water partition coefficient (Wildman–Crippen LogP) is 3.60. The second-order valence-corrected chi connectivity index (χ2v) is 5.23. The van der Waals surface area contributed by atoms with Gasteiger partial charge >= 0.3 is 0 Å². The third kappa shape index (κ3) is 2.51. The molecule has 0 aliphatic heterocycles. The molecule has 0 saturated heterocycles. The average Bonchev–Trinajstić information content (AvgIpc) is 2.98. The van der Waals surface area contributed by atoms with Gasteiger partial charge in [-0.05, 0) is 30.7 Å². The second-order valence-electron chi connectivity index (χ2n) is 4.37. The van der Waals surface area contributed by atoms with Crippen LogP contribution in [-0.4, -0.2) is 14.8 Å². The summed E-state index contributed by atoms with van der Waals surface area (Å²) < 4.78 is 1.82. The number of nitrogens with zero attached hydrogens (tertiary/aromatic N) is 3. The van der Waals surface area contributed by atoms with Crippen LogP contribution in [0.5, 0.6) is 0 Å². The SMILES string of the molecule is Cc1cccc(Nc2nc(-c3ccnn3C)cs2)c1. The zero-order valence-corrected chi connectivity index (χ0v) is 11.6. The summed E-state index contributed by atoms with van der Waals surface area (Å²) in [5, 5.41) is 10.4. The zero-order chi connectivity index (χ0) is 13.2. The van der Waals surface area contributed by atoms with Gasteiger partial charge in [-0.1, -0.05) is 12.1 Å². The molecule has 3 aromatic rings. The van der Waals surface area contributed by atoms with Crippen LogP contribution in [0.25, 0.3) is 11.4 Å². The molecule has 2 aromatic heterocycles. The lowest BCUT2D eigenvalue weighted by molar-refractivity contribution is 0.774. The van der Waals surface area contributed by atoms with Gasteiger partial charge in [-0.3, -0.25) is 4.68 Å². The summed E-state index contributed by atoms with van der Waals surface area (Å²) in [6.07, 6.45) is 1.78. The summed E-state index contributed by atoms with van der Waals surface area (Å²) in [4.78, 5) is 4.59. The van der Waals surface area contributed by atoms with Gasteiger partial charge in [0.1, 0.15) is 5.69 Å². The highest BCUT2D eigenvalue weighted by molar-refractivity contribution is 7.14. The van der Waals surface area contributed by atoms with Gasteiger partial charge in [0, 0.05) is 24.3 Å². The largest absolute Gasteiger partial charge is 0.332 e. The molecule has 1 aromatic carbocycles. The standard InChI is InChI=1S/C14H14N4S/c1-10-4-3-5-11(8-10)16-14-17-12(9-19-14)13-6-7-15-18(13)2/h3-9H,1-2H3,(H,16,17). The molecule has 0 radical (unpaired) electrons. The molecule has 5 heteroatoms. The van der Waals surface area contributed by atoms with Crippen LogP contribution in [0.2, 0.25) is 0 Å². The normalized spacial score (nSPS) is 10.6. The highest BCUT2D eigenvalue weighted by atomic mass is 32.1. The van der Waals surface area contributed by atoms with Crippen molar-refractivity contribution in [2.24, 2.45) is 7.05 Å². The Bertz CT molecular complexity index is 699. The van der Waals surface area contributed by atoms with Gasteiger partial charge in [-0.2, -0.15) is 5.10 Å². The van der Waals surface area contributed by atoms with E-state index in [9.17, 15) is 0 Å². The Morgan fingerprint density at radius 2 is 2.16 bits per heavy atom. The third-order valence-corrected chi connectivity index (χ3v) is 3.61. The van der Waals surface area contributed by atoms with Crippen LogP contribution in [0.1, 0.15) is 5.56 Å². The molecular formula is C14H14N4S. The van der Waals surface area contributed by atoms with Crippen molar-refractivity contribution in [1.82, 2.24) is 14.8 Å². The minimum Gasteiger partial charge on any atom is -0.332 e. The van der Waals surface area contributed by atoms with E-state index in [1.54, 1.807) is 17.5 Å². The summed E-state index contributed by atoms with van der Waals surface area (Å²) in [5.41, 5.74) is 4.26. The van der Waals surface area contributed by atoms with Crippen molar-refractivity contribution in [3.05, 3.63) is 47.5 Å². The van der Waals surface area contributed by atoms with E-state index in [4.69, 9.17) is 0 Å². The molecular weight excluding hydrogens is 256 g/mol. The molecule has 0 amide bonds. The Morgan fingerprint density at radius 3 is 2.89 bits per heavy atom. The molecule has 2 heterocycles. The molecule has 19 heavy (non-hydrogen) atoms. The Kier molecular flexibility index (Phi) is 3.05. The fourth-order valence-electron chi connectivity index (χ4n) is 1.92. The van der Waals surface area contributed by atoms with E-state index in [1.807, 2.05) is 35.3 Å². The Labute approximate surface area is 115 Å². The van der Waals surface area contributed by atoms with E-state index < -0.39 is 0 Å². The molecule has 0 aliphatic rings. The molecule has 3 rings (SSSR count). The smallest absolute Gasteiger partial charge is 0.187 e. The molecule has 4 nitrogen and oxygen atoms in total. The van der Waals surface area contributed by atoms with Crippen LogP contribution in [0, 0.1) is 6.92 Å². The molecule has 0 saturated carbocycles. The number of anilines is 2. The highest BCUT2D eigenvalue weighted by Crippen LogP contribution is 2.26. The minimum absolute atomic E-state index is 0.891. The molecule has 0 bridgehead atoms. The van der Waals surface area contributed by atoms with Crippen molar-refractivity contribution < 1.29 is 0 Å². The molecule has 0 aliphatic carbocycles. The van der Waals surface area contributed by atoms with Gasteiger partial charge in [0.05, 0.1) is 5.69 Å². The van der Waals surface area contributed by atoms with Gasteiger partial charge in [0.15, 0.2) is 5.13 Å². The van der Waals surface area contributed by atoms with E-state index in [0.717, 1.165) is 22.2 Å². The van der Waals surface area contributed by atoms with Gasteiger partial charge in [0.2, 0.25) is 0 Å². The molecule has 0 fully saturated rings. The van der Waals surface area contributed by atoms with Crippen molar-refractivity contribution in [1.29, 1.82) is 0 Å². The zero-order valence-electron chi connectivity index (χ0n) is 10.8. The third-order valence-electron chi connectivity index (χ3n) is 2.86. The Balaban J connectivity index is 1.84. The summed E-state index contributed by atoms with van der Waals surface area (Å²) >= 11 is 1.59. The average molecular weight is 270 g/mol. The first-order valence-corrected chi connectivity index (χ1v) is 6.88. The summed E-state index contributed by atoms with van der Waals surface area (Å²) in [5.74, 6) is 0. The van der Waals surface area contributed by atoms with Crippen LogP contribution in [-0.2, 0) is 7.05 Å². The maximum absolute atomic E-state index is 4.59. The second kappa shape index (κ2) is 4.85. The summed E-state index contributed by atoms with van der Waals surface area (Å²) in [6, 6.07) is 10.2. The first kappa shape index (κ1) is 11.9. The van der Waals surface area contributed by atoms with Gasteiger partial charge < -0.3 is 5.32 Å². The predicted molar refractivity (Wildman–Crippen MR) is 78.8 cm³/mol. The maximum atomic E-state index is 4.59. The van der Waals surface area contributed by atoms with Crippen LogP contribution < -0.4 is 5.32 Å². The van der Waals surface area contributed by atoms with Crippen molar-refractivity contribution in [2.75, 3.05) is 5.32 Å². The number of thiazole rings is 1. The molecule has 0 unspecified atom stereocenters. The van der Waals surface area contributed by atoms with Crippen LogP contribution in [0.15, 0.2) is 41.9 Å². The number of hydrogen-bond donors (Lipinski definition) is 1. The lowest BCUT2D eigenvalue weighted by Gasteiger charge is -2.03. The van der Waals surface area contributed by atoms with Crippen molar-refractivity contribution in [3.63, 3.8) is 0 Å². The number of aromatic nitrogens is 3. The van der Waals surface area contributed by atoms with E-state index >= 15 is 0 Å². The van der Waals surface area contributed by atoms with Crippen molar-refractivity contribution >= 4 is 22.2 Å². The van der Waals surface area contributed by atoms with Crippen molar-refractivity contribution in [3.8, 4) is 11.4 Å².